The monoisotopic (exact) mass is 480 g/mol. The van der Waals surface area contributed by atoms with Crippen molar-refractivity contribution in [1.29, 1.82) is 0 Å². The molecule has 186 valence electrons. The van der Waals surface area contributed by atoms with Crippen LogP contribution in [-0.4, -0.2) is 74.1 Å². The van der Waals surface area contributed by atoms with Crippen LogP contribution in [-0.2, 0) is 9.59 Å². The van der Waals surface area contributed by atoms with Crippen molar-refractivity contribution in [2.45, 2.75) is 25.7 Å². The van der Waals surface area contributed by atoms with Crippen LogP contribution in [0.4, 0.5) is 22.0 Å². The average molecular weight is 481 g/mol. The molecule has 0 bridgehead atoms. The molecular formula is C25H32N6O4. The number of benzene rings is 1. The van der Waals surface area contributed by atoms with E-state index in [1.54, 1.807) is 36.4 Å². The van der Waals surface area contributed by atoms with Gasteiger partial charge in [-0.2, -0.15) is 0 Å². The van der Waals surface area contributed by atoms with E-state index in [1.165, 1.54) is 0 Å². The molecule has 0 saturated carbocycles. The topological polar surface area (TPSA) is 107 Å². The third kappa shape index (κ3) is 6.20. The first-order chi connectivity index (χ1) is 17.0. The number of carbonyl (C=O) groups excluding carboxylic acids is 3. The van der Waals surface area contributed by atoms with Gasteiger partial charge in [0.25, 0.3) is 0 Å². The van der Waals surface area contributed by atoms with E-state index in [9.17, 15) is 14.4 Å². The van der Waals surface area contributed by atoms with Crippen molar-refractivity contribution in [3.63, 3.8) is 0 Å². The molecule has 2 aliphatic rings. The third-order valence-electron chi connectivity index (χ3n) is 6.28. The van der Waals surface area contributed by atoms with Crippen LogP contribution in [0.3, 0.4) is 0 Å². The Hall–Kier alpha value is -3.82. The van der Waals surface area contributed by atoms with Gasteiger partial charge in [0.15, 0.2) is 0 Å². The molecule has 0 unspecified atom stereocenters. The van der Waals surface area contributed by atoms with Gasteiger partial charge in [0.1, 0.15) is 11.6 Å². The minimum absolute atomic E-state index is 0.0151. The van der Waals surface area contributed by atoms with Crippen LogP contribution < -0.4 is 25.2 Å². The summed E-state index contributed by atoms with van der Waals surface area (Å²) in [6.07, 6.45) is 4.32. The Labute approximate surface area is 205 Å². The highest BCUT2D eigenvalue weighted by Crippen LogP contribution is 2.33. The van der Waals surface area contributed by atoms with E-state index in [-0.39, 0.29) is 24.8 Å². The fraction of sp³-hybridized carbons (Fsp3) is 0.440. The number of piperazine rings is 1. The number of urea groups is 1. The van der Waals surface area contributed by atoms with Crippen LogP contribution in [0.25, 0.3) is 0 Å². The highest BCUT2D eigenvalue weighted by atomic mass is 16.5. The first kappa shape index (κ1) is 24.3. The maximum Gasteiger partial charge on any atom is 0.319 e. The van der Waals surface area contributed by atoms with Gasteiger partial charge in [-0.25, -0.2) is 9.78 Å². The molecule has 2 N–H and O–H groups in total. The number of amides is 4. The lowest BCUT2D eigenvalue weighted by atomic mass is 10.1. The van der Waals surface area contributed by atoms with E-state index < -0.39 is 6.03 Å². The maximum absolute atomic E-state index is 12.6. The van der Waals surface area contributed by atoms with Gasteiger partial charge in [-0.15, -0.1) is 0 Å². The van der Waals surface area contributed by atoms with Crippen molar-refractivity contribution in [1.82, 2.24) is 15.2 Å². The second-order valence-corrected chi connectivity index (χ2v) is 8.58. The number of pyridine rings is 1. The van der Waals surface area contributed by atoms with Gasteiger partial charge in [0.05, 0.1) is 12.8 Å². The van der Waals surface area contributed by atoms with Crippen LogP contribution in [0.15, 0.2) is 42.6 Å². The first-order valence-electron chi connectivity index (χ1n) is 12.0. The van der Waals surface area contributed by atoms with Crippen molar-refractivity contribution in [2.24, 2.45) is 0 Å². The summed E-state index contributed by atoms with van der Waals surface area (Å²) in [4.78, 5) is 47.4. The number of piperidine rings is 1. The lowest BCUT2D eigenvalue weighted by Gasteiger charge is -2.35. The largest absolute Gasteiger partial charge is 0.495 e. The van der Waals surface area contributed by atoms with Crippen molar-refractivity contribution >= 4 is 35.0 Å². The number of nitrogens with one attached hydrogen (secondary N) is 2. The molecule has 2 aliphatic heterocycles. The Balaban J connectivity index is 1.23. The zero-order valence-corrected chi connectivity index (χ0v) is 20.0. The summed E-state index contributed by atoms with van der Waals surface area (Å²) in [5, 5.41) is 5.53. The summed E-state index contributed by atoms with van der Waals surface area (Å²) in [5.41, 5.74) is 1.20. The van der Waals surface area contributed by atoms with Gasteiger partial charge >= 0.3 is 6.03 Å². The second-order valence-electron chi connectivity index (χ2n) is 8.58. The van der Waals surface area contributed by atoms with Crippen LogP contribution in [0.2, 0.25) is 0 Å². The normalized spacial score (nSPS) is 16.1. The van der Waals surface area contributed by atoms with Crippen LogP contribution in [0, 0.1) is 0 Å². The van der Waals surface area contributed by atoms with Crippen LogP contribution in [0.5, 0.6) is 5.75 Å². The summed E-state index contributed by atoms with van der Waals surface area (Å²) in [7, 11) is 1.56. The zero-order valence-electron chi connectivity index (χ0n) is 20.0. The van der Waals surface area contributed by atoms with Gasteiger partial charge in [0.2, 0.25) is 11.8 Å². The number of rotatable bonds is 7. The summed E-state index contributed by atoms with van der Waals surface area (Å²) in [6.45, 7) is 3.59. The number of carbonyl (C=O) groups is 3. The van der Waals surface area contributed by atoms with E-state index in [1.807, 2.05) is 23.1 Å². The van der Waals surface area contributed by atoms with Crippen molar-refractivity contribution in [2.75, 3.05) is 61.5 Å². The number of methoxy groups -OCH3 is 1. The highest BCUT2D eigenvalue weighted by Gasteiger charge is 2.24. The number of nitrogens with zero attached hydrogens (tertiary/aromatic N) is 4. The molecule has 4 amide bonds. The SMILES string of the molecule is COc1ccc(NC(=O)NCCC(=O)N2CCN(c3ccccn3)CC2)cc1N1CCCCC1=O. The van der Waals surface area contributed by atoms with Gasteiger partial charge in [-0.1, -0.05) is 6.07 Å². The molecule has 10 nitrogen and oxygen atoms in total. The molecule has 3 heterocycles. The number of hydrogen-bond acceptors (Lipinski definition) is 6. The van der Waals surface area contributed by atoms with Crippen LogP contribution in [0.1, 0.15) is 25.7 Å². The molecular weight excluding hydrogens is 448 g/mol. The van der Waals surface area contributed by atoms with E-state index in [0.717, 1.165) is 31.7 Å². The third-order valence-corrected chi connectivity index (χ3v) is 6.28. The van der Waals surface area contributed by atoms with E-state index in [0.29, 0.717) is 43.2 Å². The average Bonchev–Trinajstić information content (AvgIpc) is 2.89. The molecule has 4 rings (SSSR count). The molecule has 10 heteroatoms. The standard InChI is InChI=1S/C25H32N6O4/c1-35-21-9-8-19(18-20(21)31-13-5-3-7-24(31)33)28-25(34)27-12-10-23(32)30-16-14-29(15-17-30)22-6-2-4-11-26-22/h2,4,6,8-9,11,18H,3,5,7,10,12-17H2,1H3,(H2,27,28,34). The number of ether oxygens (including phenoxy) is 1. The molecule has 35 heavy (non-hydrogen) atoms. The van der Waals surface area contributed by atoms with Gasteiger partial charge in [-0.3, -0.25) is 9.59 Å². The maximum atomic E-state index is 12.6. The number of anilines is 3. The predicted octanol–water partition coefficient (Wildman–Crippen LogP) is 2.47. The Morgan fingerprint density at radius 2 is 1.89 bits per heavy atom. The Morgan fingerprint density at radius 1 is 1.06 bits per heavy atom. The number of hydrogen-bond donors (Lipinski definition) is 2. The summed E-state index contributed by atoms with van der Waals surface area (Å²) < 4.78 is 5.42. The van der Waals surface area contributed by atoms with Crippen molar-refractivity contribution < 1.29 is 19.1 Å². The molecule has 2 saturated heterocycles. The molecule has 0 atom stereocenters. The van der Waals surface area contributed by atoms with Crippen molar-refractivity contribution in [3.05, 3.63) is 42.6 Å². The summed E-state index contributed by atoms with van der Waals surface area (Å²) in [5.74, 6) is 1.57. The molecule has 1 aromatic heterocycles. The minimum atomic E-state index is -0.404. The molecule has 1 aromatic carbocycles. The fourth-order valence-corrected chi connectivity index (χ4v) is 4.38. The molecule has 2 aromatic rings. The van der Waals surface area contributed by atoms with Gasteiger partial charge in [-0.05, 0) is 43.2 Å². The van der Waals surface area contributed by atoms with Gasteiger partial charge < -0.3 is 30.1 Å². The molecule has 0 radical (unpaired) electrons. The van der Waals surface area contributed by atoms with Gasteiger partial charge in [0, 0.05) is 64.0 Å². The van der Waals surface area contributed by atoms with E-state index >= 15 is 0 Å². The highest BCUT2D eigenvalue weighted by molar-refractivity contribution is 5.97. The first-order valence-corrected chi connectivity index (χ1v) is 12.0. The number of aromatic nitrogens is 1. The minimum Gasteiger partial charge on any atom is -0.495 e. The summed E-state index contributed by atoms with van der Waals surface area (Å²) >= 11 is 0. The van der Waals surface area contributed by atoms with E-state index in [4.69, 9.17) is 4.74 Å². The zero-order chi connectivity index (χ0) is 24.6. The van der Waals surface area contributed by atoms with E-state index in [2.05, 4.69) is 20.5 Å². The molecule has 0 spiro atoms. The lowest BCUT2D eigenvalue weighted by molar-refractivity contribution is -0.131. The quantitative estimate of drug-likeness (QED) is 0.631. The Morgan fingerprint density at radius 3 is 2.60 bits per heavy atom. The Kier molecular flexibility index (Phi) is 8.02. The summed E-state index contributed by atoms with van der Waals surface area (Å²) in [6, 6.07) is 10.6. The second kappa shape index (κ2) is 11.5. The molecule has 2 fully saturated rings. The smallest absolute Gasteiger partial charge is 0.319 e. The lowest BCUT2D eigenvalue weighted by Crippen LogP contribution is -2.49. The molecule has 0 aliphatic carbocycles. The Bertz CT molecular complexity index is 1040. The predicted molar refractivity (Wildman–Crippen MR) is 134 cm³/mol. The fourth-order valence-electron chi connectivity index (χ4n) is 4.38. The van der Waals surface area contributed by atoms with Crippen LogP contribution >= 0.6 is 0 Å². The van der Waals surface area contributed by atoms with Crippen molar-refractivity contribution in [3.8, 4) is 5.75 Å².